The predicted molar refractivity (Wildman–Crippen MR) is 91.1 cm³/mol. The van der Waals surface area contributed by atoms with Gasteiger partial charge in [0.2, 0.25) is 0 Å². The van der Waals surface area contributed by atoms with Gasteiger partial charge in [0.15, 0.2) is 11.5 Å². The van der Waals surface area contributed by atoms with Crippen LogP contribution >= 0.6 is 0 Å². The molecule has 6 rings (SSSR count). The Morgan fingerprint density at radius 2 is 1.40 bits per heavy atom. The van der Waals surface area contributed by atoms with Crippen molar-refractivity contribution in [2.24, 2.45) is 0 Å². The Labute approximate surface area is 140 Å². The molecule has 1 aliphatic heterocycles. The van der Waals surface area contributed by atoms with Crippen molar-refractivity contribution in [2.45, 2.75) is 0 Å². The molecule has 3 aromatic heterocycles. The quantitative estimate of drug-likeness (QED) is 0.399. The van der Waals surface area contributed by atoms with Gasteiger partial charge in [-0.2, -0.15) is 0 Å². The van der Waals surface area contributed by atoms with Crippen molar-refractivity contribution in [3.05, 3.63) is 54.5 Å². The molecule has 0 spiro atoms. The first kappa shape index (κ1) is 12.7. The lowest BCUT2D eigenvalue weighted by Gasteiger charge is -2.02. The number of nitrogens with zero attached hydrogens (tertiary/aromatic N) is 6. The summed E-state index contributed by atoms with van der Waals surface area (Å²) in [7, 11) is 0. The van der Waals surface area contributed by atoms with Crippen LogP contribution in [-0.4, -0.2) is 35.4 Å². The van der Waals surface area contributed by atoms with Crippen molar-refractivity contribution in [1.82, 2.24) is 29.5 Å². The zero-order valence-corrected chi connectivity index (χ0v) is 12.7. The summed E-state index contributed by atoms with van der Waals surface area (Å²) in [5.74, 6) is 0.302. The number of benzene rings is 2. The van der Waals surface area contributed by atoms with Crippen molar-refractivity contribution in [1.29, 1.82) is 0 Å². The van der Waals surface area contributed by atoms with Crippen molar-refractivity contribution >= 4 is 39.0 Å². The molecular formula is C18H8N6O. The lowest BCUT2D eigenvalue weighted by Crippen LogP contribution is -2.07. The summed E-state index contributed by atoms with van der Waals surface area (Å²) in [6, 6.07) is 11.4. The smallest absolute Gasteiger partial charge is 0.266 e. The molecule has 25 heavy (non-hydrogen) atoms. The summed E-state index contributed by atoms with van der Waals surface area (Å²) in [6.07, 6.45) is 3.08. The van der Waals surface area contributed by atoms with Gasteiger partial charge in [-0.15, -0.1) is 0 Å². The Morgan fingerprint density at radius 1 is 0.720 bits per heavy atom. The first-order chi connectivity index (χ1) is 12.3. The highest BCUT2D eigenvalue weighted by molar-refractivity contribution is 6.11. The molecule has 7 nitrogen and oxygen atoms in total. The van der Waals surface area contributed by atoms with Crippen LogP contribution in [0.3, 0.4) is 0 Å². The number of imidazole rings is 1. The first-order valence-electron chi connectivity index (χ1n) is 7.75. The molecule has 0 unspecified atom stereocenters. The van der Waals surface area contributed by atoms with Gasteiger partial charge in [-0.3, -0.25) is 9.36 Å². The highest BCUT2D eigenvalue weighted by Gasteiger charge is 2.32. The largest absolute Gasteiger partial charge is 0.285 e. The zero-order chi connectivity index (χ0) is 16.5. The molecular weight excluding hydrogens is 316 g/mol. The zero-order valence-electron chi connectivity index (χ0n) is 12.7. The third-order valence-electron chi connectivity index (χ3n) is 4.43. The standard InChI is InChI=1S/C18H8N6O/c25-18-16-15(19-5-6-20-16)17-23-13-7-11-12(8-14(13)24(17)18)22-10-4-2-1-3-9(10)21-11/h1-8H. The molecule has 0 amide bonds. The van der Waals surface area contributed by atoms with E-state index in [2.05, 4.69) is 24.9 Å². The van der Waals surface area contributed by atoms with E-state index in [0.29, 0.717) is 28.2 Å². The Bertz CT molecular complexity index is 1370. The average Bonchev–Trinajstić information content (AvgIpc) is 3.14. The van der Waals surface area contributed by atoms with Crippen LogP contribution in [0.15, 0.2) is 48.8 Å². The number of para-hydroxylation sites is 2. The fourth-order valence-electron chi connectivity index (χ4n) is 3.32. The maximum absolute atomic E-state index is 12.7. The number of carbonyl (C=O) groups excluding carboxylic acids is 1. The molecule has 0 aliphatic carbocycles. The number of aromatic nitrogens is 6. The molecule has 0 saturated carbocycles. The molecule has 4 heterocycles. The van der Waals surface area contributed by atoms with Gasteiger partial charge in [0.25, 0.3) is 5.91 Å². The second-order valence-electron chi connectivity index (χ2n) is 5.87. The molecule has 1 aliphatic rings. The fraction of sp³-hybridized carbons (Fsp3) is 0. The van der Waals surface area contributed by atoms with Crippen LogP contribution in [-0.2, 0) is 0 Å². The predicted octanol–water partition coefficient (Wildman–Crippen LogP) is 2.59. The van der Waals surface area contributed by atoms with Gasteiger partial charge < -0.3 is 0 Å². The lowest BCUT2D eigenvalue weighted by atomic mass is 10.2. The van der Waals surface area contributed by atoms with E-state index in [1.54, 1.807) is 10.8 Å². The number of carbonyl (C=O) groups is 1. The van der Waals surface area contributed by atoms with Crippen molar-refractivity contribution in [3.63, 3.8) is 0 Å². The molecule has 0 atom stereocenters. The number of hydrogen-bond acceptors (Lipinski definition) is 6. The molecule has 0 N–H and O–H groups in total. The van der Waals surface area contributed by atoms with E-state index in [-0.39, 0.29) is 5.91 Å². The second kappa shape index (κ2) is 4.21. The van der Waals surface area contributed by atoms with Gasteiger partial charge in [-0.1, -0.05) is 12.1 Å². The lowest BCUT2D eigenvalue weighted by molar-refractivity contribution is 0.0969. The summed E-state index contributed by atoms with van der Waals surface area (Å²) in [5.41, 5.74) is 5.33. The SMILES string of the molecule is O=C1c2nccnc2-c2nc3cc4nc5ccccc5nc4cc3n21. The van der Waals surface area contributed by atoms with E-state index in [9.17, 15) is 4.79 Å². The molecule has 2 aromatic carbocycles. The second-order valence-corrected chi connectivity index (χ2v) is 5.87. The van der Waals surface area contributed by atoms with Crippen LogP contribution < -0.4 is 0 Å². The summed E-state index contributed by atoms with van der Waals surface area (Å²) < 4.78 is 1.55. The van der Waals surface area contributed by atoms with Crippen molar-refractivity contribution in [2.75, 3.05) is 0 Å². The van der Waals surface area contributed by atoms with Crippen LogP contribution in [0.1, 0.15) is 10.5 Å². The highest BCUT2D eigenvalue weighted by atomic mass is 16.2. The van der Waals surface area contributed by atoms with E-state index >= 15 is 0 Å². The average molecular weight is 324 g/mol. The van der Waals surface area contributed by atoms with E-state index in [1.807, 2.05) is 36.4 Å². The third kappa shape index (κ3) is 1.54. The van der Waals surface area contributed by atoms with E-state index in [0.717, 1.165) is 22.1 Å². The van der Waals surface area contributed by atoms with Crippen LogP contribution in [0.5, 0.6) is 0 Å². The molecule has 0 saturated heterocycles. The summed E-state index contributed by atoms with van der Waals surface area (Å²) in [5, 5.41) is 0. The van der Waals surface area contributed by atoms with Gasteiger partial charge in [-0.05, 0) is 24.3 Å². The topological polar surface area (TPSA) is 86.4 Å². The molecule has 116 valence electrons. The molecule has 0 fully saturated rings. The van der Waals surface area contributed by atoms with Crippen LogP contribution in [0.25, 0.3) is 44.6 Å². The normalized spacial score (nSPS) is 12.9. The van der Waals surface area contributed by atoms with Crippen molar-refractivity contribution < 1.29 is 4.79 Å². The van der Waals surface area contributed by atoms with Crippen molar-refractivity contribution in [3.8, 4) is 11.5 Å². The van der Waals surface area contributed by atoms with Gasteiger partial charge in [0.05, 0.1) is 33.1 Å². The fourth-order valence-corrected chi connectivity index (χ4v) is 3.32. The summed E-state index contributed by atoms with van der Waals surface area (Å²) >= 11 is 0. The van der Waals surface area contributed by atoms with E-state index in [4.69, 9.17) is 0 Å². The minimum Gasteiger partial charge on any atom is -0.266 e. The van der Waals surface area contributed by atoms with Gasteiger partial charge in [-0.25, -0.2) is 24.9 Å². The molecule has 0 radical (unpaired) electrons. The Kier molecular flexibility index (Phi) is 2.13. The van der Waals surface area contributed by atoms with E-state index < -0.39 is 0 Å². The Balaban J connectivity index is 1.74. The Morgan fingerprint density at radius 3 is 2.16 bits per heavy atom. The summed E-state index contributed by atoms with van der Waals surface area (Å²) in [4.78, 5) is 35.0. The monoisotopic (exact) mass is 324 g/mol. The third-order valence-corrected chi connectivity index (χ3v) is 4.43. The molecule has 5 aromatic rings. The Hall–Kier alpha value is -3.74. The first-order valence-corrected chi connectivity index (χ1v) is 7.75. The van der Waals surface area contributed by atoms with Gasteiger partial charge >= 0.3 is 0 Å². The highest BCUT2D eigenvalue weighted by Crippen LogP contribution is 2.33. The molecule has 7 heteroatoms. The number of rotatable bonds is 0. The van der Waals surface area contributed by atoms with Crippen LogP contribution in [0.4, 0.5) is 0 Å². The minimum absolute atomic E-state index is 0.214. The maximum atomic E-state index is 12.7. The van der Waals surface area contributed by atoms with Crippen LogP contribution in [0, 0.1) is 0 Å². The summed E-state index contributed by atoms with van der Waals surface area (Å²) in [6.45, 7) is 0. The van der Waals surface area contributed by atoms with E-state index in [1.165, 1.54) is 6.20 Å². The maximum Gasteiger partial charge on any atom is 0.285 e. The molecule has 0 bridgehead atoms. The van der Waals surface area contributed by atoms with Gasteiger partial charge in [0.1, 0.15) is 5.69 Å². The van der Waals surface area contributed by atoms with Gasteiger partial charge in [0, 0.05) is 12.4 Å². The number of hydrogen-bond donors (Lipinski definition) is 0. The minimum atomic E-state index is -0.214. The number of fused-ring (bicyclic) bond motifs is 7. The van der Waals surface area contributed by atoms with Crippen LogP contribution in [0.2, 0.25) is 0 Å².